The number of nitrogens with one attached hydrogen (secondary N) is 1. The molecule has 0 aliphatic carbocycles. The third-order valence-corrected chi connectivity index (χ3v) is 2.54. The van der Waals surface area contributed by atoms with Gasteiger partial charge in [-0.05, 0) is 13.3 Å². The normalized spacial score (nSPS) is 9.94. The van der Waals surface area contributed by atoms with E-state index < -0.39 is 0 Å². The Morgan fingerprint density at radius 1 is 1.59 bits per heavy atom. The Balaban J connectivity index is 2.92. The molecule has 1 aromatic rings. The van der Waals surface area contributed by atoms with Gasteiger partial charge in [0, 0.05) is 6.54 Å². The molecule has 1 aromatic heterocycles. The van der Waals surface area contributed by atoms with E-state index in [1.165, 1.54) is 4.90 Å². The minimum atomic E-state index is -0.221. The van der Waals surface area contributed by atoms with Crippen LogP contribution in [0.15, 0.2) is 0 Å². The van der Waals surface area contributed by atoms with Gasteiger partial charge in [-0.2, -0.15) is 5.10 Å². The van der Waals surface area contributed by atoms with Crippen molar-refractivity contribution in [2.45, 2.75) is 26.7 Å². The number of nitrogen functional groups attached to an aromatic ring is 1. The molecule has 1 heterocycles. The third kappa shape index (κ3) is 2.78. The van der Waals surface area contributed by atoms with Crippen LogP contribution in [0.4, 0.5) is 5.69 Å². The van der Waals surface area contributed by atoms with E-state index >= 15 is 0 Å². The van der Waals surface area contributed by atoms with E-state index in [1.807, 2.05) is 13.8 Å². The molecule has 0 saturated carbocycles. The van der Waals surface area contributed by atoms with Gasteiger partial charge in [0.05, 0.1) is 17.9 Å². The van der Waals surface area contributed by atoms with Crippen molar-refractivity contribution in [3.05, 3.63) is 11.4 Å². The van der Waals surface area contributed by atoms with Crippen molar-refractivity contribution in [3.8, 4) is 12.3 Å². The molecule has 0 aliphatic rings. The highest BCUT2D eigenvalue weighted by Crippen LogP contribution is 2.17. The van der Waals surface area contributed by atoms with Crippen LogP contribution in [0.2, 0.25) is 0 Å². The average molecular weight is 234 g/mol. The summed E-state index contributed by atoms with van der Waals surface area (Å²) in [6, 6.07) is 0. The Labute approximate surface area is 101 Å². The van der Waals surface area contributed by atoms with E-state index in [-0.39, 0.29) is 18.1 Å². The minimum absolute atomic E-state index is 0.221. The van der Waals surface area contributed by atoms with Crippen LogP contribution in [0.25, 0.3) is 0 Å². The predicted molar refractivity (Wildman–Crippen MR) is 67.4 cm³/mol. The maximum Gasteiger partial charge on any atom is 0.277 e. The number of carbonyl (C=O) groups is 1. The molecule has 5 nitrogen and oxygen atoms in total. The highest BCUT2D eigenvalue weighted by molar-refractivity contribution is 5.97. The maximum atomic E-state index is 12.1. The number of amides is 1. The topological polar surface area (TPSA) is 75.0 Å². The molecular weight excluding hydrogens is 216 g/mol. The molecule has 3 N–H and O–H groups in total. The van der Waals surface area contributed by atoms with Crippen LogP contribution in [0, 0.1) is 12.3 Å². The number of H-pyrrole nitrogens is 1. The zero-order valence-corrected chi connectivity index (χ0v) is 10.3. The molecule has 5 heteroatoms. The first-order valence-electron chi connectivity index (χ1n) is 5.71. The van der Waals surface area contributed by atoms with Gasteiger partial charge in [0.1, 0.15) is 0 Å². The molecule has 0 atom stereocenters. The van der Waals surface area contributed by atoms with Crippen molar-refractivity contribution in [2.75, 3.05) is 18.8 Å². The smallest absolute Gasteiger partial charge is 0.277 e. The molecule has 0 aliphatic heterocycles. The van der Waals surface area contributed by atoms with E-state index in [9.17, 15) is 4.79 Å². The highest BCUT2D eigenvalue weighted by atomic mass is 16.2. The van der Waals surface area contributed by atoms with Crippen LogP contribution in [0.5, 0.6) is 0 Å². The maximum absolute atomic E-state index is 12.1. The van der Waals surface area contributed by atoms with Crippen LogP contribution >= 0.6 is 0 Å². The lowest BCUT2D eigenvalue weighted by Crippen LogP contribution is -2.31. The molecule has 0 unspecified atom stereocenters. The molecule has 0 saturated heterocycles. The van der Waals surface area contributed by atoms with Crippen LogP contribution in [0.3, 0.4) is 0 Å². The Morgan fingerprint density at radius 2 is 2.29 bits per heavy atom. The number of rotatable bonds is 5. The van der Waals surface area contributed by atoms with Gasteiger partial charge in [-0.25, -0.2) is 0 Å². The lowest BCUT2D eigenvalue weighted by molar-refractivity contribution is 0.0780. The molecule has 0 fully saturated rings. The minimum Gasteiger partial charge on any atom is -0.395 e. The predicted octanol–water partition coefficient (Wildman–Crippen LogP) is 1.04. The molecule has 17 heavy (non-hydrogen) atoms. The molecule has 1 amide bonds. The fourth-order valence-corrected chi connectivity index (χ4v) is 1.58. The molecular formula is C12H18N4O. The monoisotopic (exact) mass is 234 g/mol. The Bertz CT molecular complexity index is 430. The van der Waals surface area contributed by atoms with Gasteiger partial charge < -0.3 is 10.6 Å². The molecule has 0 spiro atoms. The fourth-order valence-electron chi connectivity index (χ4n) is 1.58. The average Bonchev–Trinajstić information content (AvgIpc) is 2.68. The second-order valence-corrected chi connectivity index (χ2v) is 3.74. The summed E-state index contributed by atoms with van der Waals surface area (Å²) in [5.41, 5.74) is 7.41. The van der Waals surface area contributed by atoms with Crippen LogP contribution in [-0.2, 0) is 6.42 Å². The lowest BCUT2D eigenvalue weighted by Gasteiger charge is -2.16. The quantitative estimate of drug-likeness (QED) is 0.747. The first kappa shape index (κ1) is 13.1. The molecule has 0 radical (unpaired) electrons. The number of terminal acetylenes is 1. The van der Waals surface area contributed by atoms with E-state index in [2.05, 4.69) is 16.1 Å². The summed E-state index contributed by atoms with van der Waals surface area (Å²) in [5.74, 6) is 2.23. The van der Waals surface area contributed by atoms with E-state index in [0.717, 1.165) is 18.5 Å². The summed E-state index contributed by atoms with van der Waals surface area (Å²) in [7, 11) is 0. The van der Waals surface area contributed by atoms with Gasteiger partial charge in [0.25, 0.3) is 5.91 Å². The Morgan fingerprint density at radius 3 is 2.82 bits per heavy atom. The summed E-state index contributed by atoms with van der Waals surface area (Å²) in [5, 5.41) is 6.78. The largest absolute Gasteiger partial charge is 0.395 e. The number of hydrogen-bond acceptors (Lipinski definition) is 3. The van der Waals surface area contributed by atoms with Crippen molar-refractivity contribution < 1.29 is 4.79 Å². The van der Waals surface area contributed by atoms with Crippen molar-refractivity contribution in [2.24, 2.45) is 0 Å². The van der Waals surface area contributed by atoms with Crippen LogP contribution in [0.1, 0.15) is 36.5 Å². The van der Waals surface area contributed by atoms with Gasteiger partial charge in [-0.15, -0.1) is 6.42 Å². The molecule has 0 aromatic carbocycles. The summed E-state index contributed by atoms with van der Waals surface area (Å²) >= 11 is 0. The first-order chi connectivity index (χ1) is 8.15. The van der Waals surface area contributed by atoms with Gasteiger partial charge in [-0.1, -0.05) is 19.3 Å². The first-order valence-corrected chi connectivity index (χ1v) is 5.71. The Kier molecular flexibility index (Phi) is 4.58. The number of nitrogens with two attached hydrogens (primary N) is 1. The van der Waals surface area contributed by atoms with E-state index in [1.54, 1.807) is 0 Å². The van der Waals surface area contributed by atoms with Gasteiger partial charge in [-0.3, -0.25) is 9.89 Å². The number of anilines is 1. The summed E-state index contributed by atoms with van der Waals surface area (Å²) in [6.45, 7) is 4.71. The van der Waals surface area contributed by atoms with Gasteiger partial charge in [0.2, 0.25) is 0 Å². The van der Waals surface area contributed by atoms with E-state index in [4.69, 9.17) is 12.2 Å². The summed E-state index contributed by atoms with van der Waals surface area (Å²) in [4.78, 5) is 13.6. The van der Waals surface area contributed by atoms with Gasteiger partial charge >= 0.3 is 0 Å². The van der Waals surface area contributed by atoms with Crippen LogP contribution in [-0.4, -0.2) is 34.1 Å². The zero-order valence-electron chi connectivity index (χ0n) is 10.3. The number of carbonyl (C=O) groups excluding carboxylic acids is 1. The fraction of sp³-hybridized carbons (Fsp3) is 0.500. The molecule has 92 valence electrons. The summed E-state index contributed by atoms with van der Waals surface area (Å²) in [6.07, 6.45) is 6.94. The third-order valence-electron chi connectivity index (χ3n) is 2.54. The van der Waals surface area contributed by atoms with E-state index in [0.29, 0.717) is 12.2 Å². The Hall–Kier alpha value is -1.96. The van der Waals surface area contributed by atoms with Crippen molar-refractivity contribution in [3.63, 3.8) is 0 Å². The standard InChI is InChI=1S/C12H18N4O/c1-4-7-9-10(13)11(15-14-9)12(17)16(6-3)8-5-2/h2H,4,6-8,13H2,1,3H3,(H,14,15). The van der Waals surface area contributed by atoms with Crippen molar-refractivity contribution >= 4 is 11.6 Å². The number of nitrogens with zero attached hydrogens (tertiary/aromatic N) is 2. The highest BCUT2D eigenvalue weighted by Gasteiger charge is 2.21. The number of hydrogen-bond donors (Lipinski definition) is 2. The van der Waals surface area contributed by atoms with Crippen molar-refractivity contribution in [1.29, 1.82) is 0 Å². The lowest BCUT2D eigenvalue weighted by atomic mass is 10.2. The summed E-state index contributed by atoms with van der Waals surface area (Å²) < 4.78 is 0. The second kappa shape index (κ2) is 5.94. The number of aryl methyl sites for hydroxylation is 1. The molecule has 0 bridgehead atoms. The van der Waals surface area contributed by atoms with Crippen LogP contribution < -0.4 is 5.73 Å². The zero-order chi connectivity index (χ0) is 12.8. The van der Waals surface area contributed by atoms with Crippen molar-refractivity contribution in [1.82, 2.24) is 15.1 Å². The molecule has 1 rings (SSSR count). The number of aromatic nitrogens is 2. The second-order valence-electron chi connectivity index (χ2n) is 3.74. The van der Waals surface area contributed by atoms with Gasteiger partial charge in [0.15, 0.2) is 5.69 Å². The SMILES string of the molecule is C#CCN(CC)C(=O)c1n[nH]c(CCC)c1N. The number of aromatic amines is 1.